The van der Waals surface area contributed by atoms with Crippen molar-refractivity contribution in [2.45, 2.75) is 6.42 Å². The number of H-pyrrole nitrogens is 1. The zero-order valence-electron chi connectivity index (χ0n) is 13.4. The fourth-order valence-corrected chi connectivity index (χ4v) is 3.07. The molecule has 1 saturated heterocycles. The number of aromatic nitrogens is 1. The highest BCUT2D eigenvalue weighted by Gasteiger charge is 2.19. The molecule has 1 aromatic carbocycles. The predicted molar refractivity (Wildman–Crippen MR) is 93.6 cm³/mol. The van der Waals surface area contributed by atoms with Crippen molar-refractivity contribution in [3.63, 3.8) is 0 Å². The highest BCUT2D eigenvalue weighted by Crippen LogP contribution is 2.17. The average Bonchev–Trinajstić information content (AvgIpc) is 2.99. The van der Waals surface area contributed by atoms with Gasteiger partial charge < -0.3 is 15.2 Å². The second-order valence-corrected chi connectivity index (χ2v) is 5.92. The normalized spacial score (nSPS) is 15.7. The van der Waals surface area contributed by atoms with Crippen LogP contribution in [-0.2, 0) is 6.42 Å². The molecule has 3 rings (SSSR count). The summed E-state index contributed by atoms with van der Waals surface area (Å²) in [6.45, 7) is 8.72. The zero-order valence-corrected chi connectivity index (χ0v) is 13.4. The van der Waals surface area contributed by atoms with Crippen molar-refractivity contribution >= 4 is 16.9 Å². The highest BCUT2D eigenvalue weighted by atomic mass is 16.2. The molecule has 2 heterocycles. The van der Waals surface area contributed by atoms with Crippen molar-refractivity contribution < 1.29 is 4.79 Å². The molecule has 122 valence electrons. The van der Waals surface area contributed by atoms with Crippen molar-refractivity contribution in [2.24, 2.45) is 0 Å². The summed E-state index contributed by atoms with van der Waals surface area (Å²) in [5.41, 5.74) is 2.39. The Kier molecular flexibility index (Phi) is 4.98. The van der Waals surface area contributed by atoms with Crippen LogP contribution in [0.15, 0.2) is 43.1 Å². The summed E-state index contributed by atoms with van der Waals surface area (Å²) in [5, 5.41) is 4.27. The van der Waals surface area contributed by atoms with Crippen LogP contribution < -0.4 is 5.32 Å². The van der Waals surface area contributed by atoms with Crippen LogP contribution in [0, 0.1) is 0 Å². The van der Waals surface area contributed by atoms with Gasteiger partial charge in [0, 0.05) is 56.4 Å². The van der Waals surface area contributed by atoms with Crippen LogP contribution in [0.25, 0.3) is 10.9 Å². The predicted octanol–water partition coefficient (Wildman–Crippen LogP) is 2.22. The summed E-state index contributed by atoms with van der Waals surface area (Å²) in [4.78, 5) is 19.7. The van der Waals surface area contributed by atoms with Crippen LogP contribution in [0.1, 0.15) is 5.56 Å². The lowest BCUT2D eigenvalue weighted by atomic mass is 10.1. The van der Waals surface area contributed by atoms with Gasteiger partial charge in [-0.2, -0.15) is 0 Å². The lowest BCUT2D eigenvalue weighted by molar-refractivity contribution is 0.147. The maximum Gasteiger partial charge on any atom is 0.317 e. The zero-order chi connectivity index (χ0) is 16.1. The first-order chi connectivity index (χ1) is 11.3. The second-order valence-electron chi connectivity index (χ2n) is 5.92. The Hall–Kier alpha value is -2.27. The summed E-state index contributed by atoms with van der Waals surface area (Å²) in [6, 6.07) is 8.29. The number of nitrogens with zero attached hydrogens (tertiary/aromatic N) is 2. The quantitative estimate of drug-likeness (QED) is 0.832. The van der Waals surface area contributed by atoms with Gasteiger partial charge in [-0.05, 0) is 18.1 Å². The first-order valence-electron chi connectivity index (χ1n) is 8.19. The van der Waals surface area contributed by atoms with Crippen molar-refractivity contribution in [3.05, 3.63) is 48.7 Å². The van der Waals surface area contributed by atoms with Gasteiger partial charge in [0.05, 0.1) is 0 Å². The number of aromatic amines is 1. The average molecular weight is 312 g/mol. The van der Waals surface area contributed by atoms with Crippen molar-refractivity contribution in [1.29, 1.82) is 0 Å². The monoisotopic (exact) mass is 312 g/mol. The molecule has 0 spiro atoms. The molecular formula is C18H24N4O. The third-order valence-electron chi connectivity index (χ3n) is 4.39. The number of nitrogens with one attached hydrogen (secondary N) is 2. The third-order valence-corrected chi connectivity index (χ3v) is 4.39. The van der Waals surface area contributed by atoms with E-state index in [4.69, 9.17) is 0 Å². The number of hydrogen-bond donors (Lipinski definition) is 2. The van der Waals surface area contributed by atoms with Crippen molar-refractivity contribution in [2.75, 3.05) is 39.3 Å². The highest BCUT2D eigenvalue weighted by molar-refractivity contribution is 5.83. The number of carbonyl (C=O) groups is 1. The number of urea groups is 1. The maximum absolute atomic E-state index is 12.2. The molecule has 0 bridgehead atoms. The summed E-state index contributed by atoms with van der Waals surface area (Å²) in [6.07, 6.45) is 4.79. The second kappa shape index (κ2) is 7.33. The summed E-state index contributed by atoms with van der Waals surface area (Å²) < 4.78 is 0. The van der Waals surface area contributed by atoms with Gasteiger partial charge >= 0.3 is 6.03 Å². The Labute approximate surface area is 137 Å². The molecule has 0 aliphatic carbocycles. The Bertz CT molecular complexity index is 670. The van der Waals surface area contributed by atoms with Crippen LogP contribution in [0.5, 0.6) is 0 Å². The number of para-hydroxylation sites is 1. The molecule has 1 aliphatic rings. The molecule has 2 aromatic rings. The molecule has 5 heteroatoms. The Balaban J connectivity index is 1.45. The van der Waals surface area contributed by atoms with E-state index < -0.39 is 0 Å². The van der Waals surface area contributed by atoms with E-state index >= 15 is 0 Å². The smallest absolute Gasteiger partial charge is 0.317 e. The Morgan fingerprint density at radius 1 is 1.26 bits per heavy atom. The topological polar surface area (TPSA) is 51.4 Å². The minimum absolute atomic E-state index is 0.0445. The van der Waals surface area contributed by atoms with Crippen LogP contribution in [-0.4, -0.2) is 60.1 Å². The van der Waals surface area contributed by atoms with E-state index in [1.54, 1.807) is 0 Å². The van der Waals surface area contributed by atoms with Gasteiger partial charge in [0.25, 0.3) is 0 Å². The van der Waals surface area contributed by atoms with Crippen molar-refractivity contribution in [1.82, 2.24) is 20.1 Å². The number of carbonyl (C=O) groups excluding carboxylic acids is 1. The fraction of sp³-hybridized carbons (Fsp3) is 0.389. The molecule has 0 radical (unpaired) electrons. The van der Waals surface area contributed by atoms with Gasteiger partial charge in [0.15, 0.2) is 0 Å². The van der Waals surface area contributed by atoms with E-state index in [0.29, 0.717) is 6.54 Å². The van der Waals surface area contributed by atoms with Crippen LogP contribution in [0.4, 0.5) is 4.79 Å². The molecule has 1 aliphatic heterocycles. The largest absolute Gasteiger partial charge is 0.361 e. The molecular weight excluding hydrogens is 288 g/mol. The molecule has 1 fully saturated rings. The number of benzene rings is 1. The standard InChI is InChI=1S/C18H24N4O/c1-2-9-21-10-12-22(13-11-21)18(23)19-8-7-15-14-20-17-6-4-3-5-16(15)17/h2-6,14,20H,1,7-13H2,(H,19,23). The Morgan fingerprint density at radius 2 is 2.04 bits per heavy atom. The molecule has 0 saturated carbocycles. The third kappa shape index (κ3) is 3.74. The van der Waals surface area contributed by atoms with Gasteiger partial charge in [-0.25, -0.2) is 4.79 Å². The number of piperazine rings is 1. The van der Waals surface area contributed by atoms with E-state index in [1.807, 2.05) is 29.3 Å². The summed E-state index contributed by atoms with van der Waals surface area (Å²) in [7, 11) is 0. The molecule has 0 atom stereocenters. The van der Waals surface area contributed by atoms with Gasteiger partial charge in [-0.15, -0.1) is 6.58 Å². The fourth-order valence-electron chi connectivity index (χ4n) is 3.07. The lowest BCUT2D eigenvalue weighted by Gasteiger charge is -2.34. The Morgan fingerprint density at radius 3 is 2.83 bits per heavy atom. The number of fused-ring (bicyclic) bond motifs is 1. The van der Waals surface area contributed by atoms with Crippen molar-refractivity contribution in [3.8, 4) is 0 Å². The van der Waals surface area contributed by atoms with Crippen LogP contribution in [0.3, 0.4) is 0 Å². The SMILES string of the molecule is C=CCN1CCN(C(=O)NCCc2c[nH]c3ccccc23)CC1. The van der Waals surface area contributed by atoms with Gasteiger partial charge in [0.2, 0.25) is 0 Å². The molecule has 23 heavy (non-hydrogen) atoms. The van der Waals surface area contributed by atoms with E-state index in [1.165, 1.54) is 10.9 Å². The maximum atomic E-state index is 12.2. The van der Waals surface area contributed by atoms with E-state index in [-0.39, 0.29) is 6.03 Å². The molecule has 1 aromatic heterocycles. The number of hydrogen-bond acceptors (Lipinski definition) is 2. The van der Waals surface area contributed by atoms with Gasteiger partial charge in [-0.1, -0.05) is 24.3 Å². The number of amides is 2. The van der Waals surface area contributed by atoms with E-state index in [9.17, 15) is 4.79 Å². The first kappa shape index (κ1) is 15.6. The van der Waals surface area contributed by atoms with E-state index in [0.717, 1.165) is 44.7 Å². The molecule has 2 N–H and O–H groups in total. The molecule has 2 amide bonds. The van der Waals surface area contributed by atoms with E-state index in [2.05, 4.69) is 33.9 Å². The summed E-state index contributed by atoms with van der Waals surface area (Å²) >= 11 is 0. The summed E-state index contributed by atoms with van der Waals surface area (Å²) in [5.74, 6) is 0. The van der Waals surface area contributed by atoms with Crippen LogP contribution in [0.2, 0.25) is 0 Å². The number of rotatable bonds is 5. The van der Waals surface area contributed by atoms with Crippen LogP contribution >= 0.6 is 0 Å². The minimum atomic E-state index is 0.0445. The van der Waals surface area contributed by atoms with Gasteiger partial charge in [0.1, 0.15) is 0 Å². The van der Waals surface area contributed by atoms with Gasteiger partial charge in [-0.3, -0.25) is 4.90 Å². The lowest BCUT2D eigenvalue weighted by Crippen LogP contribution is -2.51. The molecule has 5 nitrogen and oxygen atoms in total. The minimum Gasteiger partial charge on any atom is -0.361 e. The molecule has 0 unspecified atom stereocenters. The first-order valence-corrected chi connectivity index (χ1v) is 8.19.